The fourth-order valence-corrected chi connectivity index (χ4v) is 5.17. The number of benzene rings is 1. The molecule has 2 aliphatic rings. The van der Waals surface area contributed by atoms with Crippen molar-refractivity contribution in [1.82, 2.24) is 10.2 Å². The van der Waals surface area contributed by atoms with Crippen LogP contribution in [0.3, 0.4) is 0 Å². The van der Waals surface area contributed by atoms with Gasteiger partial charge < -0.3 is 10.2 Å². The van der Waals surface area contributed by atoms with Crippen LogP contribution in [-0.2, 0) is 20.8 Å². The molecule has 1 heterocycles. The molecule has 1 aromatic carbocycles. The van der Waals surface area contributed by atoms with Crippen molar-refractivity contribution in [2.24, 2.45) is 5.92 Å². The van der Waals surface area contributed by atoms with Crippen LogP contribution in [0.5, 0.6) is 0 Å². The Labute approximate surface area is 192 Å². The fraction of sp³-hybridized carbons (Fsp3) is 0.682. The summed E-state index contributed by atoms with van der Waals surface area (Å²) in [7, 11) is -3.33. The molecule has 3 rings (SSSR count). The highest BCUT2D eigenvalue weighted by atomic mass is 32.2. The quantitative estimate of drug-likeness (QED) is 0.592. The average Bonchev–Trinajstić information content (AvgIpc) is 2.72. The molecule has 1 aliphatic heterocycles. The number of sulfone groups is 1. The first-order valence-electron chi connectivity index (χ1n) is 11.2. The highest BCUT2D eigenvalue weighted by molar-refractivity contribution is 7.91. The van der Waals surface area contributed by atoms with Gasteiger partial charge in [0.2, 0.25) is 5.91 Å². The summed E-state index contributed by atoms with van der Waals surface area (Å²) in [6.07, 6.45) is 1.09. The third-order valence-electron chi connectivity index (χ3n) is 6.45. The SMILES string of the molecule is CS(=O)(=O)CC(=O)NC1CCC(CCN2CCN(c3cc(C(F)(F)F)ccc3F)CC2)CC1. The number of halogens is 4. The van der Waals surface area contributed by atoms with E-state index in [2.05, 4.69) is 10.2 Å². The maximum atomic E-state index is 14.1. The Kier molecular flexibility index (Phi) is 8.26. The number of hydrogen-bond acceptors (Lipinski definition) is 5. The van der Waals surface area contributed by atoms with Crippen molar-refractivity contribution in [2.45, 2.75) is 44.3 Å². The summed E-state index contributed by atoms with van der Waals surface area (Å²) in [4.78, 5) is 15.7. The number of alkyl halides is 3. The molecule has 11 heteroatoms. The molecule has 186 valence electrons. The van der Waals surface area contributed by atoms with Gasteiger partial charge >= 0.3 is 6.18 Å². The molecule has 2 fully saturated rings. The summed E-state index contributed by atoms with van der Waals surface area (Å²) in [5, 5.41) is 2.80. The van der Waals surface area contributed by atoms with Gasteiger partial charge in [-0.3, -0.25) is 9.69 Å². The number of piperazine rings is 1. The van der Waals surface area contributed by atoms with E-state index < -0.39 is 39.1 Å². The number of nitrogens with zero attached hydrogens (tertiary/aromatic N) is 2. The summed E-state index contributed by atoms with van der Waals surface area (Å²) in [5.74, 6) is -1.05. The van der Waals surface area contributed by atoms with E-state index in [9.17, 15) is 30.8 Å². The maximum absolute atomic E-state index is 14.1. The van der Waals surface area contributed by atoms with Gasteiger partial charge in [0, 0.05) is 38.5 Å². The third kappa shape index (κ3) is 7.84. The van der Waals surface area contributed by atoms with Crippen LogP contribution in [-0.4, -0.2) is 70.0 Å². The lowest BCUT2D eigenvalue weighted by Crippen LogP contribution is -2.47. The largest absolute Gasteiger partial charge is 0.416 e. The second-order valence-corrected chi connectivity index (χ2v) is 11.3. The summed E-state index contributed by atoms with van der Waals surface area (Å²) in [5.41, 5.74) is -0.842. The van der Waals surface area contributed by atoms with Gasteiger partial charge in [0.1, 0.15) is 11.6 Å². The summed E-state index contributed by atoms with van der Waals surface area (Å²) < 4.78 is 75.5. The molecule has 0 aromatic heterocycles. The van der Waals surface area contributed by atoms with Crippen LogP contribution < -0.4 is 10.2 Å². The van der Waals surface area contributed by atoms with Crippen molar-refractivity contribution in [3.05, 3.63) is 29.6 Å². The molecule has 1 saturated carbocycles. The van der Waals surface area contributed by atoms with Crippen LogP contribution in [0.15, 0.2) is 18.2 Å². The predicted molar refractivity (Wildman–Crippen MR) is 118 cm³/mol. The van der Waals surface area contributed by atoms with E-state index in [4.69, 9.17) is 0 Å². The molecule has 1 saturated heterocycles. The third-order valence-corrected chi connectivity index (χ3v) is 7.23. The van der Waals surface area contributed by atoms with Crippen molar-refractivity contribution in [2.75, 3.05) is 49.6 Å². The van der Waals surface area contributed by atoms with Gasteiger partial charge in [0.05, 0.1) is 11.3 Å². The standard InChI is InChI=1S/C22H31F4N3O3S/c1-33(31,32)15-21(30)27-18-5-2-16(3-6-18)8-9-28-10-12-29(13-11-28)20-14-17(22(24,25)26)4-7-19(20)23/h4,7,14,16,18H,2-3,5-6,8-13,15H2,1H3,(H,27,30). The molecule has 0 radical (unpaired) electrons. The molecule has 33 heavy (non-hydrogen) atoms. The van der Waals surface area contributed by atoms with Gasteiger partial charge in [-0.15, -0.1) is 0 Å². The van der Waals surface area contributed by atoms with Crippen LogP contribution in [0.25, 0.3) is 0 Å². The minimum atomic E-state index is -4.50. The zero-order valence-corrected chi connectivity index (χ0v) is 19.5. The summed E-state index contributed by atoms with van der Waals surface area (Å²) in [6.45, 7) is 3.13. The second kappa shape index (κ2) is 10.6. The van der Waals surface area contributed by atoms with Crippen LogP contribution in [0, 0.1) is 11.7 Å². The van der Waals surface area contributed by atoms with Crippen LogP contribution in [0.4, 0.5) is 23.2 Å². The minimum Gasteiger partial charge on any atom is -0.367 e. The first-order chi connectivity index (χ1) is 15.4. The normalized spacial score (nSPS) is 22.9. The lowest BCUT2D eigenvalue weighted by atomic mass is 9.84. The van der Waals surface area contributed by atoms with E-state index in [1.807, 2.05) is 0 Å². The Morgan fingerprint density at radius 2 is 1.73 bits per heavy atom. The Morgan fingerprint density at radius 1 is 1.09 bits per heavy atom. The lowest BCUT2D eigenvalue weighted by molar-refractivity contribution is -0.137. The number of carbonyl (C=O) groups excluding carboxylic acids is 1. The topological polar surface area (TPSA) is 69.7 Å². The monoisotopic (exact) mass is 493 g/mol. The first-order valence-corrected chi connectivity index (χ1v) is 13.3. The summed E-state index contributed by atoms with van der Waals surface area (Å²) in [6, 6.07) is 2.55. The number of rotatable bonds is 7. The van der Waals surface area contributed by atoms with E-state index >= 15 is 0 Å². The molecule has 6 nitrogen and oxygen atoms in total. The Bertz CT molecular complexity index is 923. The number of amides is 1. The van der Waals surface area contributed by atoms with E-state index in [-0.39, 0.29) is 11.7 Å². The van der Waals surface area contributed by atoms with E-state index in [1.165, 1.54) is 0 Å². The smallest absolute Gasteiger partial charge is 0.367 e. The van der Waals surface area contributed by atoms with Gasteiger partial charge in [-0.1, -0.05) is 0 Å². The van der Waals surface area contributed by atoms with Crippen LogP contribution in [0.1, 0.15) is 37.7 Å². The Hall–Kier alpha value is -1.88. The highest BCUT2D eigenvalue weighted by Gasteiger charge is 2.32. The molecule has 1 aliphatic carbocycles. The Morgan fingerprint density at radius 3 is 2.30 bits per heavy atom. The zero-order chi connectivity index (χ0) is 24.2. The Balaban J connectivity index is 1.39. The van der Waals surface area contributed by atoms with E-state index in [0.29, 0.717) is 32.1 Å². The van der Waals surface area contributed by atoms with Crippen molar-refractivity contribution in [1.29, 1.82) is 0 Å². The van der Waals surface area contributed by atoms with Crippen molar-refractivity contribution in [3.63, 3.8) is 0 Å². The molecular formula is C22H31F4N3O3S. The number of carbonyl (C=O) groups is 1. The number of nitrogens with one attached hydrogen (secondary N) is 1. The summed E-state index contributed by atoms with van der Waals surface area (Å²) >= 11 is 0. The van der Waals surface area contributed by atoms with Crippen molar-refractivity contribution >= 4 is 21.4 Å². The molecule has 1 aromatic rings. The maximum Gasteiger partial charge on any atom is 0.416 e. The molecule has 0 atom stereocenters. The van der Waals surface area contributed by atoms with Gasteiger partial charge in [0.15, 0.2) is 9.84 Å². The van der Waals surface area contributed by atoms with Gasteiger partial charge in [-0.05, 0) is 62.8 Å². The lowest BCUT2D eigenvalue weighted by Gasteiger charge is -2.37. The van der Waals surface area contributed by atoms with Crippen LogP contribution >= 0.6 is 0 Å². The number of anilines is 1. The van der Waals surface area contributed by atoms with Gasteiger partial charge in [0.25, 0.3) is 0 Å². The fourth-order valence-electron chi connectivity index (χ4n) is 4.61. The molecule has 0 unspecified atom stereocenters. The van der Waals surface area contributed by atoms with Crippen molar-refractivity contribution in [3.8, 4) is 0 Å². The molecule has 1 amide bonds. The molecule has 0 bridgehead atoms. The molecule has 1 N–H and O–H groups in total. The molecular weight excluding hydrogens is 462 g/mol. The number of hydrogen-bond donors (Lipinski definition) is 1. The zero-order valence-electron chi connectivity index (χ0n) is 18.7. The average molecular weight is 494 g/mol. The van der Waals surface area contributed by atoms with Gasteiger partial charge in [-0.25, -0.2) is 12.8 Å². The van der Waals surface area contributed by atoms with E-state index in [0.717, 1.165) is 63.1 Å². The molecule has 0 spiro atoms. The highest BCUT2D eigenvalue weighted by Crippen LogP contribution is 2.33. The van der Waals surface area contributed by atoms with Crippen molar-refractivity contribution < 1.29 is 30.8 Å². The first kappa shape index (κ1) is 25.7. The minimum absolute atomic E-state index is 0.000664. The van der Waals surface area contributed by atoms with E-state index in [1.54, 1.807) is 4.90 Å². The van der Waals surface area contributed by atoms with Crippen LogP contribution in [0.2, 0.25) is 0 Å². The second-order valence-electron chi connectivity index (χ2n) is 9.14. The van der Waals surface area contributed by atoms with Gasteiger partial charge in [-0.2, -0.15) is 13.2 Å². The predicted octanol–water partition coefficient (Wildman–Crippen LogP) is 3.08.